The van der Waals surface area contributed by atoms with E-state index in [9.17, 15) is 9.59 Å². The molecule has 0 atom stereocenters. The summed E-state index contributed by atoms with van der Waals surface area (Å²) in [5, 5.41) is 0. The molecule has 1 aliphatic heterocycles. The van der Waals surface area contributed by atoms with Crippen molar-refractivity contribution >= 4 is 17.6 Å². The maximum absolute atomic E-state index is 12.4. The number of methoxy groups -OCH3 is 2. The van der Waals surface area contributed by atoms with E-state index in [1.54, 1.807) is 17.3 Å². The number of ether oxygens (including phenoxy) is 3. The van der Waals surface area contributed by atoms with Gasteiger partial charge in [-0.05, 0) is 6.07 Å². The summed E-state index contributed by atoms with van der Waals surface area (Å²) in [5.41, 5.74) is 2.39. The predicted molar refractivity (Wildman–Crippen MR) is 91.8 cm³/mol. The first-order valence-electron chi connectivity index (χ1n) is 7.76. The molecular weight excluding hydrogens is 338 g/mol. The van der Waals surface area contributed by atoms with Gasteiger partial charge in [0.05, 0.1) is 32.1 Å². The number of aromatic nitrogens is 2. The van der Waals surface area contributed by atoms with Crippen LogP contribution >= 0.6 is 0 Å². The highest BCUT2D eigenvalue weighted by atomic mass is 16.5. The van der Waals surface area contributed by atoms with E-state index in [1.165, 1.54) is 20.5 Å². The Morgan fingerprint density at radius 1 is 1.08 bits per heavy atom. The fourth-order valence-electron chi connectivity index (χ4n) is 2.72. The number of anilines is 1. The monoisotopic (exact) mass is 355 g/mol. The van der Waals surface area contributed by atoms with E-state index in [2.05, 4.69) is 9.97 Å². The van der Waals surface area contributed by atoms with Crippen molar-refractivity contribution < 1.29 is 23.8 Å². The molecule has 1 aromatic carbocycles. The van der Waals surface area contributed by atoms with Gasteiger partial charge >= 0.3 is 11.9 Å². The van der Waals surface area contributed by atoms with Gasteiger partial charge in [0.2, 0.25) is 0 Å². The SMILES string of the molecule is COC(=O)C1=C(C(=O)OC)N(c2ccccc2-c2cncnc2)COC1. The highest BCUT2D eigenvalue weighted by Crippen LogP contribution is 2.34. The van der Waals surface area contributed by atoms with E-state index < -0.39 is 11.9 Å². The largest absolute Gasteiger partial charge is 0.466 e. The van der Waals surface area contributed by atoms with Crippen LogP contribution < -0.4 is 4.90 Å². The highest BCUT2D eigenvalue weighted by molar-refractivity contribution is 6.04. The summed E-state index contributed by atoms with van der Waals surface area (Å²) in [6.45, 7) is 0.0415. The molecular formula is C18H17N3O5. The van der Waals surface area contributed by atoms with Gasteiger partial charge in [-0.2, -0.15) is 0 Å². The maximum Gasteiger partial charge on any atom is 0.355 e. The lowest BCUT2D eigenvalue weighted by Gasteiger charge is -2.32. The number of para-hydroxylation sites is 1. The van der Waals surface area contributed by atoms with Gasteiger partial charge in [0.15, 0.2) is 0 Å². The van der Waals surface area contributed by atoms with Crippen LogP contribution in [0.1, 0.15) is 0 Å². The summed E-state index contributed by atoms with van der Waals surface area (Å²) in [6, 6.07) is 7.37. The summed E-state index contributed by atoms with van der Waals surface area (Å²) in [4.78, 5) is 34.2. The summed E-state index contributed by atoms with van der Waals surface area (Å²) >= 11 is 0. The third-order valence-corrected chi connectivity index (χ3v) is 3.90. The Morgan fingerprint density at radius 3 is 2.46 bits per heavy atom. The molecule has 0 radical (unpaired) electrons. The average molecular weight is 355 g/mol. The number of hydrogen-bond acceptors (Lipinski definition) is 8. The lowest BCUT2D eigenvalue weighted by atomic mass is 10.0. The van der Waals surface area contributed by atoms with Crippen molar-refractivity contribution in [3.05, 3.63) is 54.3 Å². The van der Waals surface area contributed by atoms with Crippen molar-refractivity contribution in [1.82, 2.24) is 9.97 Å². The van der Waals surface area contributed by atoms with E-state index >= 15 is 0 Å². The van der Waals surface area contributed by atoms with Gasteiger partial charge in [0.1, 0.15) is 18.8 Å². The van der Waals surface area contributed by atoms with Gasteiger partial charge in [-0.1, -0.05) is 18.2 Å². The normalized spacial score (nSPS) is 14.2. The Balaban J connectivity index is 2.16. The zero-order valence-corrected chi connectivity index (χ0v) is 14.3. The van der Waals surface area contributed by atoms with E-state index in [1.807, 2.05) is 24.3 Å². The third-order valence-electron chi connectivity index (χ3n) is 3.90. The molecule has 0 aliphatic carbocycles. The molecule has 0 amide bonds. The fourth-order valence-corrected chi connectivity index (χ4v) is 2.72. The van der Waals surface area contributed by atoms with Crippen LogP contribution in [0.4, 0.5) is 5.69 Å². The summed E-state index contributed by atoms with van der Waals surface area (Å²) in [5.74, 6) is -1.29. The molecule has 26 heavy (non-hydrogen) atoms. The molecule has 0 fully saturated rings. The topological polar surface area (TPSA) is 90.9 Å². The molecule has 3 rings (SSSR count). The van der Waals surface area contributed by atoms with Crippen LogP contribution in [0.5, 0.6) is 0 Å². The molecule has 0 saturated heterocycles. The molecule has 0 N–H and O–H groups in total. The van der Waals surface area contributed by atoms with Crippen LogP contribution in [-0.4, -0.2) is 49.5 Å². The first kappa shape index (κ1) is 17.6. The van der Waals surface area contributed by atoms with Gasteiger partial charge in [-0.25, -0.2) is 19.6 Å². The number of benzene rings is 1. The van der Waals surface area contributed by atoms with Crippen molar-refractivity contribution in [2.75, 3.05) is 32.5 Å². The first-order chi connectivity index (χ1) is 12.7. The van der Waals surface area contributed by atoms with Crippen LogP contribution in [0.15, 0.2) is 54.3 Å². The fraction of sp³-hybridized carbons (Fsp3) is 0.222. The molecule has 1 aliphatic rings. The van der Waals surface area contributed by atoms with Crippen LogP contribution in [0, 0.1) is 0 Å². The zero-order chi connectivity index (χ0) is 18.5. The lowest BCUT2D eigenvalue weighted by Crippen LogP contribution is -2.39. The number of carbonyl (C=O) groups excluding carboxylic acids is 2. The van der Waals surface area contributed by atoms with E-state index in [0.717, 1.165) is 11.1 Å². The number of rotatable bonds is 4. The minimum Gasteiger partial charge on any atom is -0.466 e. The maximum atomic E-state index is 12.4. The third kappa shape index (κ3) is 3.27. The first-order valence-corrected chi connectivity index (χ1v) is 7.76. The van der Waals surface area contributed by atoms with Gasteiger partial charge in [-0.3, -0.25) is 0 Å². The van der Waals surface area contributed by atoms with E-state index in [0.29, 0.717) is 5.69 Å². The average Bonchev–Trinajstić information content (AvgIpc) is 2.72. The highest BCUT2D eigenvalue weighted by Gasteiger charge is 2.33. The zero-order valence-electron chi connectivity index (χ0n) is 14.3. The van der Waals surface area contributed by atoms with Crippen molar-refractivity contribution in [1.29, 1.82) is 0 Å². The van der Waals surface area contributed by atoms with Gasteiger partial charge in [-0.15, -0.1) is 0 Å². The lowest BCUT2D eigenvalue weighted by molar-refractivity contribution is -0.140. The van der Waals surface area contributed by atoms with Crippen molar-refractivity contribution in [3.8, 4) is 11.1 Å². The predicted octanol–water partition coefficient (Wildman–Crippen LogP) is 1.54. The van der Waals surface area contributed by atoms with Crippen LogP contribution in [0.25, 0.3) is 11.1 Å². The minimum atomic E-state index is -0.646. The van der Waals surface area contributed by atoms with Crippen LogP contribution in [0.3, 0.4) is 0 Å². The smallest absolute Gasteiger partial charge is 0.355 e. The van der Waals surface area contributed by atoms with Gasteiger partial charge in [0.25, 0.3) is 0 Å². The quantitative estimate of drug-likeness (QED) is 0.763. The Hall–Kier alpha value is -3.26. The standard InChI is InChI=1S/C18H17N3O5/c1-24-17(22)14-9-26-11-21(16(14)18(23)25-2)15-6-4-3-5-13(15)12-7-19-10-20-8-12/h3-8,10H,9,11H2,1-2H3. The second-order valence-electron chi connectivity index (χ2n) is 5.36. The Bertz CT molecular complexity index is 851. The molecule has 1 aromatic heterocycles. The van der Waals surface area contributed by atoms with Crippen molar-refractivity contribution in [2.24, 2.45) is 0 Å². The molecule has 8 nitrogen and oxygen atoms in total. The molecule has 0 bridgehead atoms. The van der Waals surface area contributed by atoms with Crippen LogP contribution in [-0.2, 0) is 23.8 Å². The minimum absolute atomic E-state index is 0.0375. The number of esters is 2. The number of hydrogen-bond donors (Lipinski definition) is 0. The molecule has 0 unspecified atom stereocenters. The van der Waals surface area contributed by atoms with Crippen LogP contribution in [0.2, 0.25) is 0 Å². The molecule has 8 heteroatoms. The van der Waals surface area contributed by atoms with Gasteiger partial charge in [0, 0.05) is 23.5 Å². The summed E-state index contributed by atoms with van der Waals surface area (Å²) in [6.07, 6.45) is 4.77. The molecule has 134 valence electrons. The van der Waals surface area contributed by atoms with Crippen molar-refractivity contribution in [2.45, 2.75) is 0 Å². The summed E-state index contributed by atoms with van der Waals surface area (Å²) in [7, 11) is 2.51. The van der Waals surface area contributed by atoms with E-state index in [-0.39, 0.29) is 24.6 Å². The number of nitrogens with zero attached hydrogens (tertiary/aromatic N) is 3. The Labute approximate surface area is 150 Å². The Morgan fingerprint density at radius 2 is 1.77 bits per heavy atom. The Kier molecular flexibility index (Phi) is 5.23. The van der Waals surface area contributed by atoms with Gasteiger partial charge < -0.3 is 19.1 Å². The summed E-state index contributed by atoms with van der Waals surface area (Å²) < 4.78 is 15.2. The molecule has 2 heterocycles. The molecule has 0 spiro atoms. The number of carbonyl (C=O) groups is 2. The molecule has 0 saturated carbocycles. The second-order valence-corrected chi connectivity index (χ2v) is 5.36. The van der Waals surface area contributed by atoms with Crippen molar-refractivity contribution in [3.63, 3.8) is 0 Å². The second kappa shape index (κ2) is 7.75. The van der Waals surface area contributed by atoms with E-state index in [4.69, 9.17) is 14.2 Å². The molecule has 2 aromatic rings.